The molecule has 19 heavy (non-hydrogen) atoms. The molecule has 0 radical (unpaired) electrons. The van der Waals surface area contributed by atoms with Gasteiger partial charge in [-0.25, -0.2) is 4.68 Å². The van der Waals surface area contributed by atoms with Gasteiger partial charge in [0.2, 0.25) is 5.16 Å². The number of aryl methyl sites for hydroxylation is 1. The number of rotatable bonds is 5. The molecule has 2 N–H and O–H groups in total. The highest BCUT2D eigenvalue weighted by atomic mass is 32.2. The van der Waals surface area contributed by atoms with Crippen molar-refractivity contribution in [1.29, 1.82) is 0 Å². The van der Waals surface area contributed by atoms with Crippen LogP contribution in [0.2, 0.25) is 0 Å². The molecule has 0 saturated carbocycles. The predicted octanol–water partition coefficient (Wildman–Crippen LogP) is -0.148. The van der Waals surface area contributed by atoms with Crippen LogP contribution in [0.1, 0.15) is 24.5 Å². The molecule has 2 aromatic rings. The molecule has 8 nitrogen and oxygen atoms in total. The summed E-state index contributed by atoms with van der Waals surface area (Å²) in [6.45, 7) is 2.18. The zero-order chi connectivity index (χ0) is 13.1. The summed E-state index contributed by atoms with van der Waals surface area (Å²) >= 11 is 1.57. The average molecular weight is 280 g/mol. The molecule has 0 atom stereocenters. The zero-order valence-corrected chi connectivity index (χ0v) is 11.4. The van der Waals surface area contributed by atoms with E-state index in [1.54, 1.807) is 16.4 Å². The van der Waals surface area contributed by atoms with Gasteiger partial charge in [-0.15, -0.1) is 15.3 Å². The topological polar surface area (TPSA) is 100 Å². The van der Waals surface area contributed by atoms with Crippen LogP contribution in [-0.4, -0.2) is 41.5 Å². The van der Waals surface area contributed by atoms with Crippen molar-refractivity contribution in [3.05, 3.63) is 11.6 Å². The van der Waals surface area contributed by atoms with E-state index in [2.05, 4.69) is 30.3 Å². The van der Waals surface area contributed by atoms with Gasteiger partial charge in [0, 0.05) is 19.5 Å². The number of hydrogen-bond donors (Lipinski definition) is 1. The molecule has 0 amide bonds. The second kappa shape index (κ2) is 5.66. The fraction of sp³-hybridized carbons (Fsp3) is 0.700. The van der Waals surface area contributed by atoms with Crippen molar-refractivity contribution < 1.29 is 0 Å². The third kappa shape index (κ3) is 2.61. The van der Waals surface area contributed by atoms with Gasteiger partial charge in [0.15, 0.2) is 0 Å². The molecule has 3 heterocycles. The van der Waals surface area contributed by atoms with Gasteiger partial charge in [-0.1, -0.05) is 11.8 Å². The van der Waals surface area contributed by atoms with Crippen LogP contribution in [-0.2, 0) is 25.3 Å². The first kappa shape index (κ1) is 12.5. The van der Waals surface area contributed by atoms with Gasteiger partial charge >= 0.3 is 0 Å². The number of fused-ring (bicyclic) bond motifs is 1. The Kier molecular flexibility index (Phi) is 3.74. The van der Waals surface area contributed by atoms with Crippen LogP contribution in [0.5, 0.6) is 0 Å². The molecule has 0 bridgehead atoms. The van der Waals surface area contributed by atoms with Crippen LogP contribution in [0.3, 0.4) is 0 Å². The SMILES string of the molecule is NCCn1nnnc1SCc1nnc2n1CCCC2. The van der Waals surface area contributed by atoms with Crippen molar-refractivity contribution in [3.63, 3.8) is 0 Å². The van der Waals surface area contributed by atoms with E-state index >= 15 is 0 Å². The second-order valence-corrected chi connectivity index (χ2v) is 5.35. The molecule has 0 fully saturated rings. The molecular formula is C10H16N8S. The summed E-state index contributed by atoms with van der Waals surface area (Å²) in [6.07, 6.45) is 3.44. The molecular weight excluding hydrogens is 264 g/mol. The highest BCUT2D eigenvalue weighted by Gasteiger charge is 2.16. The number of thioether (sulfide) groups is 1. The van der Waals surface area contributed by atoms with E-state index in [1.807, 2.05) is 0 Å². The maximum atomic E-state index is 5.52. The number of hydrogen-bond acceptors (Lipinski definition) is 7. The Balaban J connectivity index is 1.69. The van der Waals surface area contributed by atoms with E-state index in [0.717, 1.165) is 35.5 Å². The standard InChI is InChI=1S/C10H16N8S/c11-4-6-18-10(14-15-16-18)19-7-9-13-12-8-3-1-2-5-17(8)9/h1-7,11H2. The van der Waals surface area contributed by atoms with E-state index < -0.39 is 0 Å². The maximum absolute atomic E-state index is 5.52. The molecule has 102 valence electrons. The summed E-state index contributed by atoms with van der Waals surface area (Å²) in [4.78, 5) is 0. The van der Waals surface area contributed by atoms with Crippen molar-refractivity contribution in [2.24, 2.45) is 5.73 Å². The molecule has 0 aliphatic carbocycles. The van der Waals surface area contributed by atoms with Crippen LogP contribution >= 0.6 is 11.8 Å². The van der Waals surface area contributed by atoms with Crippen LogP contribution in [0.15, 0.2) is 5.16 Å². The Bertz CT molecular complexity index is 547. The van der Waals surface area contributed by atoms with Gasteiger partial charge in [-0.2, -0.15) is 0 Å². The number of nitrogens with two attached hydrogens (primary N) is 1. The van der Waals surface area contributed by atoms with E-state index in [0.29, 0.717) is 13.1 Å². The summed E-state index contributed by atoms with van der Waals surface area (Å²) in [6, 6.07) is 0. The first-order chi connectivity index (χ1) is 9.38. The molecule has 1 aliphatic rings. The largest absolute Gasteiger partial charge is 0.329 e. The molecule has 0 unspecified atom stereocenters. The van der Waals surface area contributed by atoms with E-state index in [9.17, 15) is 0 Å². The Labute approximate surface area is 114 Å². The molecule has 3 rings (SSSR count). The lowest BCUT2D eigenvalue weighted by Crippen LogP contribution is -2.13. The van der Waals surface area contributed by atoms with Crippen LogP contribution in [0.25, 0.3) is 0 Å². The van der Waals surface area contributed by atoms with Gasteiger partial charge in [0.05, 0.1) is 12.3 Å². The Morgan fingerprint density at radius 1 is 1.21 bits per heavy atom. The average Bonchev–Trinajstić information content (AvgIpc) is 3.04. The lowest BCUT2D eigenvalue weighted by molar-refractivity contribution is 0.513. The Morgan fingerprint density at radius 3 is 3.05 bits per heavy atom. The second-order valence-electron chi connectivity index (χ2n) is 4.40. The Morgan fingerprint density at radius 2 is 2.16 bits per heavy atom. The zero-order valence-electron chi connectivity index (χ0n) is 10.6. The highest BCUT2D eigenvalue weighted by molar-refractivity contribution is 7.98. The monoisotopic (exact) mass is 280 g/mol. The molecule has 9 heteroatoms. The Hall–Kier alpha value is -1.48. The van der Waals surface area contributed by atoms with Crippen LogP contribution in [0.4, 0.5) is 0 Å². The predicted molar refractivity (Wildman–Crippen MR) is 69.4 cm³/mol. The first-order valence-electron chi connectivity index (χ1n) is 6.38. The molecule has 0 saturated heterocycles. The van der Waals surface area contributed by atoms with Crippen molar-refractivity contribution >= 4 is 11.8 Å². The quantitative estimate of drug-likeness (QED) is 0.760. The highest BCUT2D eigenvalue weighted by Crippen LogP contribution is 2.21. The summed E-state index contributed by atoms with van der Waals surface area (Å²) in [5.74, 6) is 2.84. The minimum absolute atomic E-state index is 0.527. The summed E-state index contributed by atoms with van der Waals surface area (Å²) in [7, 11) is 0. The van der Waals surface area contributed by atoms with E-state index in [4.69, 9.17) is 5.73 Å². The van der Waals surface area contributed by atoms with Crippen LogP contribution < -0.4 is 5.73 Å². The van der Waals surface area contributed by atoms with Crippen molar-refractivity contribution in [1.82, 2.24) is 35.0 Å². The summed E-state index contributed by atoms with van der Waals surface area (Å²) in [5, 5.41) is 20.9. The smallest absolute Gasteiger partial charge is 0.209 e. The summed E-state index contributed by atoms with van der Waals surface area (Å²) in [5.41, 5.74) is 5.52. The number of nitrogens with zero attached hydrogens (tertiary/aromatic N) is 7. The van der Waals surface area contributed by atoms with Gasteiger partial charge < -0.3 is 10.3 Å². The van der Waals surface area contributed by atoms with Gasteiger partial charge in [-0.3, -0.25) is 0 Å². The molecule has 2 aromatic heterocycles. The minimum Gasteiger partial charge on any atom is -0.329 e. The molecule has 1 aliphatic heterocycles. The van der Waals surface area contributed by atoms with Gasteiger partial charge in [0.25, 0.3) is 0 Å². The minimum atomic E-state index is 0.527. The van der Waals surface area contributed by atoms with Crippen molar-refractivity contribution in [3.8, 4) is 0 Å². The van der Waals surface area contributed by atoms with Gasteiger partial charge in [0.1, 0.15) is 11.6 Å². The number of aromatic nitrogens is 7. The van der Waals surface area contributed by atoms with E-state index in [-0.39, 0.29) is 0 Å². The molecule has 0 spiro atoms. The van der Waals surface area contributed by atoms with Crippen LogP contribution in [0, 0.1) is 0 Å². The molecule has 0 aromatic carbocycles. The maximum Gasteiger partial charge on any atom is 0.209 e. The first-order valence-corrected chi connectivity index (χ1v) is 7.37. The lowest BCUT2D eigenvalue weighted by Gasteiger charge is -2.14. The fourth-order valence-corrected chi connectivity index (χ4v) is 3.01. The third-order valence-corrected chi connectivity index (χ3v) is 4.06. The third-order valence-electron chi connectivity index (χ3n) is 3.11. The summed E-state index contributed by atoms with van der Waals surface area (Å²) < 4.78 is 3.94. The number of tetrazole rings is 1. The normalized spacial score (nSPS) is 14.6. The van der Waals surface area contributed by atoms with E-state index in [1.165, 1.54) is 12.8 Å². The van der Waals surface area contributed by atoms with Crippen molar-refractivity contribution in [2.75, 3.05) is 6.54 Å². The van der Waals surface area contributed by atoms with Crippen molar-refractivity contribution in [2.45, 2.75) is 43.3 Å². The fourth-order valence-electron chi connectivity index (χ4n) is 2.17. The lowest BCUT2D eigenvalue weighted by atomic mass is 10.2. The van der Waals surface area contributed by atoms with Gasteiger partial charge in [-0.05, 0) is 23.3 Å².